The molecule has 0 saturated heterocycles. The lowest BCUT2D eigenvalue weighted by Gasteiger charge is -2.31. The van der Waals surface area contributed by atoms with Crippen molar-refractivity contribution < 1.29 is 9.53 Å². The molecule has 0 bridgehead atoms. The third kappa shape index (κ3) is 2.84. The number of carbonyl (C=O) groups excluding carboxylic acids is 1. The Kier molecular flexibility index (Phi) is 4.00. The van der Waals surface area contributed by atoms with Crippen LogP contribution in [0.2, 0.25) is 0 Å². The van der Waals surface area contributed by atoms with E-state index in [0.29, 0.717) is 24.2 Å². The van der Waals surface area contributed by atoms with E-state index in [4.69, 9.17) is 4.74 Å². The fourth-order valence-corrected chi connectivity index (χ4v) is 2.43. The van der Waals surface area contributed by atoms with Gasteiger partial charge in [-0.3, -0.25) is 9.78 Å². The SMILES string of the molecule is COc1cnccc1C(=O)NC1(C#N)CCCCC1. The maximum atomic E-state index is 12.3. The summed E-state index contributed by atoms with van der Waals surface area (Å²) in [4.78, 5) is 16.2. The summed E-state index contributed by atoms with van der Waals surface area (Å²) >= 11 is 0. The minimum absolute atomic E-state index is 0.275. The summed E-state index contributed by atoms with van der Waals surface area (Å²) < 4.78 is 5.12. The maximum absolute atomic E-state index is 12.3. The van der Waals surface area contributed by atoms with Gasteiger partial charge in [0.05, 0.1) is 24.9 Å². The van der Waals surface area contributed by atoms with Gasteiger partial charge in [0.15, 0.2) is 0 Å². The fraction of sp³-hybridized carbons (Fsp3) is 0.500. The Morgan fingerprint density at radius 2 is 2.21 bits per heavy atom. The van der Waals surface area contributed by atoms with E-state index in [1.165, 1.54) is 19.5 Å². The number of carbonyl (C=O) groups is 1. The number of nitrogens with zero attached hydrogens (tertiary/aromatic N) is 2. The van der Waals surface area contributed by atoms with Crippen molar-refractivity contribution in [2.75, 3.05) is 7.11 Å². The van der Waals surface area contributed by atoms with Crippen LogP contribution in [0.25, 0.3) is 0 Å². The van der Waals surface area contributed by atoms with E-state index >= 15 is 0 Å². The molecule has 1 amide bonds. The number of aromatic nitrogens is 1. The van der Waals surface area contributed by atoms with Gasteiger partial charge in [-0.05, 0) is 18.9 Å². The third-order valence-electron chi connectivity index (χ3n) is 3.52. The van der Waals surface area contributed by atoms with Crippen LogP contribution in [-0.4, -0.2) is 23.5 Å². The van der Waals surface area contributed by atoms with Crippen molar-refractivity contribution in [3.63, 3.8) is 0 Å². The lowest BCUT2D eigenvalue weighted by Crippen LogP contribution is -2.48. The molecule has 1 fully saturated rings. The predicted molar refractivity (Wildman–Crippen MR) is 69.7 cm³/mol. The van der Waals surface area contributed by atoms with Gasteiger partial charge in [0.2, 0.25) is 0 Å². The average Bonchev–Trinajstić information content (AvgIpc) is 2.48. The van der Waals surface area contributed by atoms with Crippen LogP contribution in [-0.2, 0) is 0 Å². The number of pyridine rings is 1. The van der Waals surface area contributed by atoms with Crippen molar-refractivity contribution in [1.82, 2.24) is 10.3 Å². The molecule has 1 aliphatic carbocycles. The molecule has 1 heterocycles. The van der Waals surface area contributed by atoms with Gasteiger partial charge < -0.3 is 10.1 Å². The predicted octanol–water partition coefficient (Wildman–Crippen LogP) is 2.05. The van der Waals surface area contributed by atoms with Crippen LogP contribution in [0.3, 0.4) is 0 Å². The molecular formula is C14H17N3O2. The molecule has 0 aliphatic heterocycles. The first-order valence-electron chi connectivity index (χ1n) is 6.42. The van der Waals surface area contributed by atoms with E-state index < -0.39 is 5.54 Å². The van der Waals surface area contributed by atoms with Crippen LogP contribution in [0.4, 0.5) is 0 Å². The van der Waals surface area contributed by atoms with Gasteiger partial charge in [0.1, 0.15) is 11.3 Å². The molecule has 0 aromatic carbocycles. The van der Waals surface area contributed by atoms with Gasteiger partial charge in [-0.1, -0.05) is 19.3 Å². The Labute approximate surface area is 112 Å². The second-order valence-electron chi connectivity index (χ2n) is 4.78. The number of ether oxygens (including phenoxy) is 1. The standard InChI is InChI=1S/C14H17N3O2/c1-19-12-9-16-8-5-11(12)13(18)17-14(10-15)6-3-2-4-7-14/h5,8-9H,2-4,6-7H2,1H3,(H,17,18). The lowest BCUT2D eigenvalue weighted by atomic mass is 9.82. The van der Waals surface area contributed by atoms with E-state index in [1.807, 2.05) is 0 Å². The van der Waals surface area contributed by atoms with Gasteiger partial charge in [-0.2, -0.15) is 5.26 Å². The summed E-state index contributed by atoms with van der Waals surface area (Å²) in [6.07, 6.45) is 7.53. The third-order valence-corrected chi connectivity index (χ3v) is 3.52. The Morgan fingerprint density at radius 1 is 1.47 bits per heavy atom. The molecule has 1 aromatic heterocycles. The van der Waals surface area contributed by atoms with Crippen LogP contribution in [0.1, 0.15) is 42.5 Å². The first-order chi connectivity index (χ1) is 9.21. The van der Waals surface area contributed by atoms with E-state index in [1.54, 1.807) is 6.07 Å². The Hall–Kier alpha value is -2.09. The van der Waals surface area contributed by atoms with Gasteiger partial charge in [0, 0.05) is 6.20 Å². The molecular weight excluding hydrogens is 242 g/mol. The van der Waals surface area contributed by atoms with Crippen molar-refractivity contribution in [3.05, 3.63) is 24.0 Å². The highest BCUT2D eigenvalue weighted by Crippen LogP contribution is 2.28. The van der Waals surface area contributed by atoms with Gasteiger partial charge in [-0.15, -0.1) is 0 Å². The molecule has 19 heavy (non-hydrogen) atoms. The molecule has 1 aliphatic rings. The van der Waals surface area contributed by atoms with E-state index in [-0.39, 0.29) is 5.91 Å². The molecule has 1 N–H and O–H groups in total. The molecule has 2 rings (SSSR count). The number of nitrogens with one attached hydrogen (secondary N) is 1. The number of nitriles is 1. The molecule has 0 atom stereocenters. The Morgan fingerprint density at radius 3 is 2.84 bits per heavy atom. The van der Waals surface area contributed by atoms with Crippen molar-refractivity contribution in [3.8, 4) is 11.8 Å². The van der Waals surface area contributed by atoms with Crippen LogP contribution in [0.15, 0.2) is 18.5 Å². The zero-order valence-electron chi connectivity index (χ0n) is 11.0. The van der Waals surface area contributed by atoms with Crippen molar-refractivity contribution >= 4 is 5.91 Å². The van der Waals surface area contributed by atoms with Crippen LogP contribution in [0.5, 0.6) is 5.75 Å². The minimum Gasteiger partial charge on any atom is -0.494 e. The number of rotatable bonds is 3. The molecule has 100 valence electrons. The largest absolute Gasteiger partial charge is 0.494 e. The average molecular weight is 259 g/mol. The summed E-state index contributed by atoms with van der Waals surface area (Å²) in [7, 11) is 1.49. The van der Waals surface area contributed by atoms with Crippen molar-refractivity contribution in [2.45, 2.75) is 37.6 Å². The fourth-order valence-electron chi connectivity index (χ4n) is 2.43. The molecule has 0 unspecified atom stereocenters. The van der Waals surface area contributed by atoms with Gasteiger partial charge in [0.25, 0.3) is 5.91 Å². The molecule has 5 nitrogen and oxygen atoms in total. The van der Waals surface area contributed by atoms with Crippen molar-refractivity contribution in [1.29, 1.82) is 5.26 Å². The lowest BCUT2D eigenvalue weighted by molar-refractivity contribution is 0.0899. The molecule has 0 spiro atoms. The zero-order chi connectivity index (χ0) is 13.7. The second-order valence-corrected chi connectivity index (χ2v) is 4.78. The highest BCUT2D eigenvalue weighted by atomic mass is 16.5. The van der Waals surface area contributed by atoms with Gasteiger partial charge >= 0.3 is 0 Å². The number of hydrogen-bond acceptors (Lipinski definition) is 4. The maximum Gasteiger partial charge on any atom is 0.256 e. The van der Waals surface area contributed by atoms with Crippen molar-refractivity contribution in [2.24, 2.45) is 0 Å². The molecule has 0 radical (unpaired) electrons. The highest BCUT2D eigenvalue weighted by molar-refractivity contribution is 5.97. The molecule has 1 aromatic rings. The van der Waals surface area contributed by atoms with E-state index in [9.17, 15) is 10.1 Å². The number of hydrogen-bond donors (Lipinski definition) is 1. The summed E-state index contributed by atoms with van der Waals surface area (Å²) in [6, 6.07) is 3.87. The van der Waals surface area contributed by atoms with Crippen LogP contribution >= 0.6 is 0 Å². The molecule has 5 heteroatoms. The summed E-state index contributed by atoms with van der Waals surface area (Å²) in [5.74, 6) is 0.145. The van der Waals surface area contributed by atoms with Crippen LogP contribution in [0, 0.1) is 11.3 Å². The summed E-state index contributed by atoms with van der Waals surface area (Å²) in [6.45, 7) is 0. The quantitative estimate of drug-likeness (QED) is 0.901. The second kappa shape index (κ2) is 5.70. The zero-order valence-corrected chi connectivity index (χ0v) is 11.0. The highest BCUT2D eigenvalue weighted by Gasteiger charge is 2.34. The summed E-state index contributed by atoms with van der Waals surface area (Å²) in [5.41, 5.74) is -0.318. The summed E-state index contributed by atoms with van der Waals surface area (Å²) in [5, 5.41) is 12.2. The number of methoxy groups -OCH3 is 1. The van der Waals surface area contributed by atoms with E-state index in [0.717, 1.165) is 19.3 Å². The monoisotopic (exact) mass is 259 g/mol. The first-order valence-corrected chi connectivity index (χ1v) is 6.42. The normalized spacial score (nSPS) is 17.3. The van der Waals surface area contributed by atoms with E-state index in [2.05, 4.69) is 16.4 Å². The van der Waals surface area contributed by atoms with Crippen LogP contribution < -0.4 is 10.1 Å². The Bertz CT molecular complexity index is 502. The van der Waals surface area contributed by atoms with Gasteiger partial charge in [-0.25, -0.2) is 0 Å². The number of amides is 1. The Balaban J connectivity index is 2.18. The smallest absolute Gasteiger partial charge is 0.256 e. The minimum atomic E-state index is -0.733. The molecule has 1 saturated carbocycles. The topological polar surface area (TPSA) is 75.0 Å². The first kappa shape index (κ1) is 13.3.